The van der Waals surface area contributed by atoms with Crippen molar-refractivity contribution in [1.29, 1.82) is 0 Å². The predicted octanol–water partition coefficient (Wildman–Crippen LogP) is 1.94. The number of aromatic amines is 1. The third-order valence-corrected chi connectivity index (χ3v) is 4.33. The zero-order valence-electron chi connectivity index (χ0n) is 15.9. The number of imidazole rings is 1. The Hall–Kier alpha value is -2.91. The molecule has 150 valence electrons. The molecule has 0 aliphatic carbocycles. The van der Waals surface area contributed by atoms with E-state index in [1.807, 2.05) is 37.3 Å². The molecule has 1 atom stereocenters. The molecule has 9 heteroatoms. The fourth-order valence-corrected chi connectivity index (χ4v) is 2.70. The number of fused-ring (bicyclic) bond motifs is 1. The van der Waals surface area contributed by atoms with Crippen molar-refractivity contribution in [2.75, 3.05) is 35.7 Å². The van der Waals surface area contributed by atoms with Gasteiger partial charge in [-0.25, -0.2) is 0 Å². The topological polar surface area (TPSA) is 131 Å². The molecule has 2 aromatic heterocycles. The van der Waals surface area contributed by atoms with E-state index in [-0.39, 0.29) is 19.3 Å². The summed E-state index contributed by atoms with van der Waals surface area (Å²) >= 11 is 0. The van der Waals surface area contributed by atoms with Crippen molar-refractivity contribution in [3.63, 3.8) is 0 Å². The van der Waals surface area contributed by atoms with E-state index in [9.17, 15) is 5.11 Å². The number of nitrogens with zero attached hydrogens (tertiary/aromatic N) is 3. The Bertz CT molecular complexity index is 865. The van der Waals surface area contributed by atoms with Gasteiger partial charge in [-0.1, -0.05) is 37.3 Å². The van der Waals surface area contributed by atoms with E-state index < -0.39 is 0 Å². The standard InChI is InChI=1S/C19H27N7O2/c1-2-14(12-28)22-19-24-16(21-11-13-7-4-3-5-8-13)15-17(26-19)25-18(23-15)20-9-6-10-27/h3-5,7-8,14,27-28H,2,6,9-12H2,1H3,(H4,20,21,22,23,24,25,26). The molecule has 0 saturated heterocycles. The van der Waals surface area contributed by atoms with Gasteiger partial charge in [0.15, 0.2) is 11.5 Å². The summed E-state index contributed by atoms with van der Waals surface area (Å²) in [6.45, 7) is 3.31. The predicted molar refractivity (Wildman–Crippen MR) is 110 cm³/mol. The second-order valence-corrected chi connectivity index (χ2v) is 6.46. The van der Waals surface area contributed by atoms with Crippen LogP contribution in [0.3, 0.4) is 0 Å². The molecule has 0 aliphatic heterocycles. The van der Waals surface area contributed by atoms with Crippen molar-refractivity contribution in [3.05, 3.63) is 35.9 Å². The number of aliphatic hydroxyl groups is 2. The average molecular weight is 385 g/mol. The van der Waals surface area contributed by atoms with E-state index in [0.29, 0.717) is 48.4 Å². The van der Waals surface area contributed by atoms with Gasteiger partial charge in [0.2, 0.25) is 11.9 Å². The minimum atomic E-state index is -0.125. The maximum Gasteiger partial charge on any atom is 0.227 e. The molecule has 0 radical (unpaired) electrons. The number of aromatic nitrogens is 4. The van der Waals surface area contributed by atoms with Gasteiger partial charge in [-0.2, -0.15) is 15.0 Å². The van der Waals surface area contributed by atoms with Gasteiger partial charge in [0, 0.05) is 19.7 Å². The molecule has 9 nitrogen and oxygen atoms in total. The van der Waals surface area contributed by atoms with Crippen molar-refractivity contribution >= 4 is 28.9 Å². The van der Waals surface area contributed by atoms with Crippen LogP contribution in [0.5, 0.6) is 0 Å². The number of nitrogens with one attached hydrogen (secondary N) is 4. The molecule has 1 unspecified atom stereocenters. The lowest BCUT2D eigenvalue weighted by Crippen LogP contribution is -2.24. The molecule has 0 saturated carbocycles. The highest BCUT2D eigenvalue weighted by atomic mass is 16.3. The Labute approximate surface area is 163 Å². The zero-order chi connectivity index (χ0) is 19.8. The van der Waals surface area contributed by atoms with Gasteiger partial charge in [-0.15, -0.1) is 0 Å². The molecule has 0 spiro atoms. The van der Waals surface area contributed by atoms with Gasteiger partial charge in [0.25, 0.3) is 0 Å². The van der Waals surface area contributed by atoms with Gasteiger partial charge in [0.05, 0.1) is 12.6 Å². The molecular weight excluding hydrogens is 358 g/mol. The van der Waals surface area contributed by atoms with Crippen LogP contribution < -0.4 is 16.0 Å². The first-order valence-corrected chi connectivity index (χ1v) is 9.51. The Kier molecular flexibility index (Phi) is 6.99. The fourth-order valence-electron chi connectivity index (χ4n) is 2.70. The van der Waals surface area contributed by atoms with Crippen LogP contribution in [0.1, 0.15) is 25.3 Å². The second-order valence-electron chi connectivity index (χ2n) is 6.46. The summed E-state index contributed by atoms with van der Waals surface area (Å²) in [5.74, 6) is 1.62. The average Bonchev–Trinajstić information content (AvgIpc) is 3.14. The third kappa shape index (κ3) is 5.08. The largest absolute Gasteiger partial charge is 0.396 e. The molecule has 0 aliphatic rings. The summed E-state index contributed by atoms with van der Waals surface area (Å²) in [6.07, 6.45) is 1.38. The van der Waals surface area contributed by atoms with E-state index in [2.05, 4.69) is 35.9 Å². The summed E-state index contributed by atoms with van der Waals surface area (Å²) < 4.78 is 0. The van der Waals surface area contributed by atoms with Crippen molar-refractivity contribution in [2.24, 2.45) is 0 Å². The SMILES string of the molecule is CCC(CO)Nc1nc(NCc2ccccc2)c2[nH]c(NCCCO)nc2n1. The lowest BCUT2D eigenvalue weighted by molar-refractivity contribution is 0.271. The second kappa shape index (κ2) is 9.86. The van der Waals surface area contributed by atoms with Gasteiger partial charge >= 0.3 is 0 Å². The lowest BCUT2D eigenvalue weighted by atomic mass is 10.2. The summed E-state index contributed by atoms with van der Waals surface area (Å²) in [5, 5.41) is 28.0. The normalized spacial score (nSPS) is 12.1. The number of rotatable bonds is 11. The first-order valence-electron chi connectivity index (χ1n) is 9.51. The smallest absolute Gasteiger partial charge is 0.227 e. The third-order valence-electron chi connectivity index (χ3n) is 4.33. The molecule has 0 fully saturated rings. The van der Waals surface area contributed by atoms with Crippen LogP contribution in [0.25, 0.3) is 11.2 Å². The molecule has 28 heavy (non-hydrogen) atoms. The summed E-state index contributed by atoms with van der Waals surface area (Å²) in [6, 6.07) is 9.92. The first-order chi connectivity index (χ1) is 13.7. The maximum absolute atomic E-state index is 9.46. The highest BCUT2D eigenvalue weighted by Gasteiger charge is 2.15. The number of benzene rings is 1. The van der Waals surface area contributed by atoms with Crippen molar-refractivity contribution < 1.29 is 10.2 Å². The highest BCUT2D eigenvalue weighted by Crippen LogP contribution is 2.23. The number of aliphatic hydroxyl groups excluding tert-OH is 2. The highest BCUT2D eigenvalue weighted by molar-refractivity contribution is 5.85. The maximum atomic E-state index is 9.46. The summed E-state index contributed by atoms with van der Waals surface area (Å²) in [7, 11) is 0. The Balaban J connectivity index is 1.87. The van der Waals surface area contributed by atoms with Crippen LogP contribution in [-0.2, 0) is 6.54 Å². The molecule has 0 bridgehead atoms. The van der Waals surface area contributed by atoms with E-state index in [4.69, 9.17) is 5.11 Å². The molecule has 3 rings (SSSR count). The molecule has 0 amide bonds. The van der Waals surface area contributed by atoms with Crippen LogP contribution in [0, 0.1) is 0 Å². The van der Waals surface area contributed by atoms with E-state index in [0.717, 1.165) is 12.0 Å². The van der Waals surface area contributed by atoms with Crippen LogP contribution in [0.4, 0.5) is 17.7 Å². The minimum Gasteiger partial charge on any atom is -0.396 e. The Morgan fingerprint density at radius 2 is 1.89 bits per heavy atom. The van der Waals surface area contributed by atoms with E-state index in [1.165, 1.54) is 0 Å². The molecule has 1 aromatic carbocycles. The number of hydrogen-bond donors (Lipinski definition) is 6. The lowest BCUT2D eigenvalue weighted by Gasteiger charge is -2.15. The van der Waals surface area contributed by atoms with E-state index in [1.54, 1.807) is 0 Å². The van der Waals surface area contributed by atoms with Crippen molar-refractivity contribution in [2.45, 2.75) is 32.4 Å². The Morgan fingerprint density at radius 3 is 2.61 bits per heavy atom. The van der Waals surface area contributed by atoms with Crippen molar-refractivity contribution in [3.8, 4) is 0 Å². The minimum absolute atomic E-state index is 0.000789. The van der Waals surface area contributed by atoms with Crippen LogP contribution in [0.15, 0.2) is 30.3 Å². The fraction of sp³-hybridized carbons (Fsp3) is 0.421. The number of hydrogen-bond acceptors (Lipinski definition) is 8. The van der Waals surface area contributed by atoms with Gasteiger partial charge in [-0.3, -0.25) is 0 Å². The first kappa shape index (κ1) is 19.8. The summed E-state index contributed by atoms with van der Waals surface area (Å²) in [5.41, 5.74) is 2.35. The molecule has 6 N–H and O–H groups in total. The van der Waals surface area contributed by atoms with Gasteiger partial charge < -0.3 is 31.1 Å². The summed E-state index contributed by atoms with van der Waals surface area (Å²) in [4.78, 5) is 16.7. The Morgan fingerprint density at radius 1 is 1.07 bits per heavy atom. The van der Waals surface area contributed by atoms with Crippen LogP contribution in [-0.4, -0.2) is 55.9 Å². The number of H-pyrrole nitrogens is 1. The monoisotopic (exact) mass is 385 g/mol. The van der Waals surface area contributed by atoms with E-state index >= 15 is 0 Å². The van der Waals surface area contributed by atoms with Gasteiger partial charge in [0.1, 0.15) is 5.52 Å². The molecular formula is C19H27N7O2. The quantitative estimate of drug-likeness (QED) is 0.276. The van der Waals surface area contributed by atoms with Crippen LogP contribution >= 0.6 is 0 Å². The number of anilines is 3. The van der Waals surface area contributed by atoms with Crippen LogP contribution in [0.2, 0.25) is 0 Å². The van der Waals surface area contributed by atoms with Crippen molar-refractivity contribution in [1.82, 2.24) is 19.9 Å². The molecule has 2 heterocycles. The van der Waals surface area contributed by atoms with Gasteiger partial charge in [-0.05, 0) is 18.4 Å². The zero-order valence-corrected chi connectivity index (χ0v) is 15.9. The molecule has 3 aromatic rings.